The number of carbonyl (C=O) groups excluding carboxylic acids is 2. The molecule has 33 heavy (non-hydrogen) atoms. The third kappa shape index (κ3) is 4.00. The maximum absolute atomic E-state index is 14.0. The summed E-state index contributed by atoms with van der Waals surface area (Å²) in [5.74, 6) is -0.218. The average molecular weight is 466 g/mol. The van der Waals surface area contributed by atoms with Crippen LogP contribution in [0.2, 0.25) is 5.02 Å². The summed E-state index contributed by atoms with van der Waals surface area (Å²) in [6, 6.07) is 13.5. The first kappa shape index (κ1) is 22.6. The van der Waals surface area contributed by atoms with Gasteiger partial charge in [0, 0.05) is 42.8 Å². The van der Waals surface area contributed by atoms with Crippen LogP contribution in [-0.2, 0) is 4.79 Å². The number of nitrogens with zero attached hydrogens (tertiary/aromatic N) is 3. The number of halogens is 1. The summed E-state index contributed by atoms with van der Waals surface area (Å²) >= 11 is 6.03. The third-order valence-corrected chi connectivity index (χ3v) is 6.26. The van der Waals surface area contributed by atoms with E-state index in [1.54, 1.807) is 78.8 Å². The molecule has 2 heterocycles. The zero-order valence-corrected chi connectivity index (χ0v) is 19.5. The Balaban J connectivity index is 1.91. The monoisotopic (exact) mass is 465 g/mol. The van der Waals surface area contributed by atoms with E-state index < -0.39 is 12.0 Å². The van der Waals surface area contributed by atoms with Crippen molar-refractivity contribution in [1.29, 1.82) is 0 Å². The number of anilines is 1. The number of pyridine rings is 1. The molecule has 0 bridgehead atoms. The Morgan fingerprint density at radius 1 is 1.09 bits per heavy atom. The van der Waals surface area contributed by atoms with Gasteiger partial charge in [-0.1, -0.05) is 17.7 Å². The first-order chi connectivity index (χ1) is 15.9. The Morgan fingerprint density at radius 3 is 2.36 bits per heavy atom. The zero-order valence-electron chi connectivity index (χ0n) is 18.8. The van der Waals surface area contributed by atoms with E-state index in [9.17, 15) is 9.59 Å². The van der Waals surface area contributed by atoms with E-state index in [0.29, 0.717) is 33.3 Å². The van der Waals surface area contributed by atoms with Gasteiger partial charge in [0.25, 0.3) is 5.91 Å². The predicted molar refractivity (Wildman–Crippen MR) is 126 cm³/mol. The molecule has 0 saturated heterocycles. The van der Waals surface area contributed by atoms with Gasteiger partial charge >= 0.3 is 0 Å². The van der Waals surface area contributed by atoms with Gasteiger partial charge in [0.1, 0.15) is 0 Å². The van der Waals surface area contributed by atoms with Gasteiger partial charge in [-0.3, -0.25) is 14.6 Å². The summed E-state index contributed by atoms with van der Waals surface area (Å²) in [5, 5.41) is 0.581. The van der Waals surface area contributed by atoms with Gasteiger partial charge in [0.15, 0.2) is 11.5 Å². The number of hydrogen-bond acceptors (Lipinski definition) is 5. The Bertz CT molecular complexity index is 1180. The second-order valence-electron chi connectivity index (χ2n) is 7.79. The van der Waals surface area contributed by atoms with Crippen molar-refractivity contribution in [1.82, 2.24) is 9.88 Å². The van der Waals surface area contributed by atoms with Crippen molar-refractivity contribution in [2.24, 2.45) is 0 Å². The minimum absolute atomic E-state index is 0.181. The molecule has 8 heteroatoms. The smallest absolute Gasteiger partial charge is 0.254 e. The first-order valence-electron chi connectivity index (χ1n) is 10.3. The van der Waals surface area contributed by atoms with Crippen LogP contribution in [0.3, 0.4) is 0 Å². The van der Waals surface area contributed by atoms with E-state index in [4.69, 9.17) is 21.1 Å². The molecule has 2 atom stereocenters. The Kier molecular flexibility index (Phi) is 6.24. The molecule has 2 aromatic carbocycles. The van der Waals surface area contributed by atoms with Crippen molar-refractivity contribution in [2.45, 2.75) is 12.0 Å². The summed E-state index contributed by atoms with van der Waals surface area (Å²) < 4.78 is 10.9. The molecule has 170 valence electrons. The quantitative estimate of drug-likeness (QED) is 0.561. The SMILES string of the molecule is COc1cc2c(cc1OC)[C@@H](C(=O)N(C)c1ccc(Cl)cc1)[C@H](c1cccnc1)N(C)C2=O. The van der Waals surface area contributed by atoms with Gasteiger partial charge in [-0.05, 0) is 53.6 Å². The number of ether oxygens (including phenoxy) is 2. The minimum Gasteiger partial charge on any atom is -0.493 e. The molecule has 0 fully saturated rings. The van der Waals surface area contributed by atoms with Crippen LogP contribution in [0.5, 0.6) is 11.5 Å². The standard InChI is InChI=1S/C25H24ClN3O4/c1-28(17-9-7-16(26)8-10-17)25(31)22-18-12-20(32-3)21(33-4)13-19(18)24(30)29(2)23(22)15-6-5-11-27-14-15/h5-14,22-23H,1-4H3/t22-,23+/m1/s1. The third-order valence-electron chi connectivity index (χ3n) is 6.01. The lowest BCUT2D eigenvalue weighted by atomic mass is 9.79. The average Bonchev–Trinajstić information content (AvgIpc) is 2.85. The van der Waals surface area contributed by atoms with Crippen LogP contribution in [0, 0.1) is 0 Å². The van der Waals surface area contributed by atoms with Crippen LogP contribution in [0.4, 0.5) is 5.69 Å². The highest BCUT2D eigenvalue weighted by Gasteiger charge is 2.44. The van der Waals surface area contributed by atoms with Crippen LogP contribution in [0.25, 0.3) is 0 Å². The number of methoxy groups -OCH3 is 2. The van der Waals surface area contributed by atoms with Crippen LogP contribution in [0.1, 0.15) is 33.4 Å². The van der Waals surface area contributed by atoms with Gasteiger partial charge in [-0.15, -0.1) is 0 Å². The summed E-state index contributed by atoms with van der Waals surface area (Å²) in [4.78, 5) is 34.8. The van der Waals surface area contributed by atoms with E-state index in [1.807, 2.05) is 6.07 Å². The highest BCUT2D eigenvalue weighted by Crippen LogP contribution is 2.46. The molecular formula is C25H24ClN3O4. The maximum atomic E-state index is 14.0. The van der Waals surface area contributed by atoms with Crippen molar-refractivity contribution in [2.75, 3.05) is 33.2 Å². The van der Waals surface area contributed by atoms with Crippen molar-refractivity contribution in [3.05, 3.63) is 82.6 Å². The van der Waals surface area contributed by atoms with E-state index >= 15 is 0 Å². The predicted octanol–water partition coefficient (Wildman–Crippen LogP) is 4.33. The zero-order chi connectivity index (χ0) is 23.7. The Labute approximate surface area is 197 Å². The topological polar surface area (TPSA) is 72.0 Å². The molecule has 0 unspecified atom stereocenters. The molecule has 0 spiro atoms. The number of rotatable bonds is 5. The first-order valence-corrected chi connectivity index (χ1v) is 10.7. The number of likely N-dealkylation sites (N-methyl/N-ethyl adjacent to an activating group) is 2. The van der Waals surface area contributed by atoms with Crippen LogP contribution in [0.15, 0.2) is 60.9 Å². The second kappa shape index (κ2) is 9.11. The molecule has 4 rings (SSSR count). The number of carbonyl (C=O) groups is 2. The summed E-state index contributed by atoms with van der Waals surface area (Å²) in [6.07, 6.45) is 3.34. The highest BCUT2D eigenvalue weighted by atomic mass is 35.5. The van der Waals surface area contributed by atoms with E-state index in [-0.39, 0.29) is 11.8 Å². The Hall–Kier alpha value is -3.58. The minimum atomic E-state index is -0.701. The van der Waals surface area contributed by atoms with Gasteiger partial charge in [-0.25, -0.2) is 0 Å². The van der Waals surface area contributed by atoms with Gasteiger partial charge in [0.05, 0.1) is 26.2 Å². The molecule has 3 aromatic rings. The van der Waals surface area contributed by atoms with Crippen LogP contribution >= 0.6 is 11.6 Å². The highest BCUT2D eigenvalue weighted by molar-refractivity contribution is 6.30. The van der Waals surface area contributed by atoms with E-state index in [0.717, 1.165) is 5.56 Å². The number of hydrogen-bond donors (Lipinski definition) is 0. The lowest BCUT2D eigenvalue weighted by Crippen LogP contribution is -2.46. The molecule has 2 amide bonds. The van der Waals surface area contributed by atoms with Crippen LogP contribution in [-0.4, -0.2) is 50.0 Å². The van der Waals surface area contributed by atoms with Crippen molar-refractivity contribution in [3.8, 4) is 11.5 Å². The normalized spacial score (nSPS) is 17.4. The number of amides is 2. The largest absolute Gasteiger partial charge is 0.493 e. The molecule has 7 nitrogen and oxygen atoms in total. The van der Waals surface area contributed by atoms with E-state index in [2.05, 4.69) is 4.98 Å². The molecule has 0 radical (unpaired) electrons. The fourth-order valence-corrected chi connectivity index (χ4v) is 4.41. The van der Waals surface area contributed by atoms with Crippen molar-refractivity contribution in [3.63, 3.8) is 0 Å². The fraction of sp³-hybridized carbons (Fsp3) is 0.240. The summed E-state index contributed by atoms with van der Waals surface area (Å²) in [5.41, 5.74) is 2.43. The molecule has 1 aliphatic rings. The molecule has 1 aliphatic heterocycles. The fourth-order valence-electron chi connectivity index (χ4n) is 4.28. The summed E-state index contributed by atoms with van der Waals surface area (Å²) in [7, 11) is 6.44. The van der Waals surface area contributed by atoms with Gasteiger partial charge < -0.3 is 19.3 Å². The molecule has 0 N–H and O–H groups in total. The molecule has 0 saturated carbocycles. The molecular weight excluding hydrogens is 442 g/mol. The Morgan fingerprint density at radius 2 is 1.76 bits per heavy atom. The number of fused-ring (bicyclic) bond motifs is 1. The second-order valence-corrected chi connectivity index (χ2v) is 8.23. The number of benzene rings is 2. The van der Waals surface area contributed by atoms with E-state index in [1.165, 1.54) is 14.2 Å². The van der Waals surface area contributed by atoms with Crippen LogP contribution < -0.4 is 14.4 Å². The lowest BCUT2D eigenvalue weighted by Gasteiger charge is -2.41. The molecule has 1 aromatic heterocycles. The van der Waals surface area contributed by atoms with Gasteiger partial charge in [-0.2, -0.15) is 0 Å². The van der Waals surface area contributed by atoms with Crippen molar-refractivity contribution < 1.29 is 19.1 Å². The lowest BCUT2D eigenvalue weighted by molar-refractivity contribution is -0.121. The van der Waals surface area contributed by atoms with Gasteiger partial charge in [0.2, 0.25) is 5.91 Å². The maximum Gasteiger partial charge on any atom is 0.254 e. The number of aromatic nitrogens is 1. The summed E-state index contributed by atoms with van der Waals surface area (Å²) in [6.45, 7) is 0. The molecule has 0 aliphatic carbocycles. The van der Waals surface area contributed by atoms with Crippen molar-refractivity contribution >= 4 is 29.1 Å².